The average Bonchev–Trinajstić information content (AvgIpc) is 3.23. The van der Waals surface area contributed by atoms with Crippen LogP contribution in [0, 0.1) is 5.92 Å². The van der Waals surface area contributed by atoms with Gasteiger partial charge in [0.1, 0.15) is 5.69 Å². The summed E-state index contributed by atoms with van der Waals surface area (Å²) in [5.74, 6) is -0.0815. The number of carbonyl (C=O) groups excluding carboxylic acids is 2. The van der Waals surface area contributed by atoms with Gasteiger partial charge in [0, 0.05) is 22.7 Å². The molecule has 7 heteroatoms. The summed E-state index contributed by atoms with van der Waals surface area (Å²) in [6.45, 7) is 0. The van der Waals surface area contributed by atoms with E-state index in [1.54, 1.807) is 29.6 Å². The van der Waals surface area contributed by atoms with Gasteiger partial charge in [-0.1, -0.05) is 0 Å². The predicted octanol–water partition coefficient (Wildman–Crippen LogP) is 2.33. The monoisotopic (exact) mass is 302 g/mol. The predicted molar refractivity (Wildman–Crippen MR) is 82.3 cm³/mol. The highest BCUT2D eigenvalue weighted by Crippen LogP contribution is 2.30. The van der Waals surface area contributed by atoms with Crippen LogP contribution in [0.2, 0.25) is 0 Å². The van der Waals surface area contributed by atoms with E-state index >= 15 is 0 Å². The zero-order valence-electron chi connectivity index (χ0n) is 11.1. The number of anilines is 3. The van der Waals surface area contributed by atoms with E-state index in [0.29, 0.717) is 16.5 Å². The van der Waals surface area contributed by atoms with Gasteiger partial charge in [-0.25, -0.2) is 4.98 Å². The minimum atomic E-state index is -0.308. The Morgan fingerprint density at radius 3 is 2.29 bits per heavy atom. The van der Waals surface area contributed by atoms with Crippen molar-refractivity contribution in [3.05, 3.63) is 35.3 Å². The fraction of sp³-hybridized carbons (Fsp3) is 0.214. The van der Waals surface area contributed by atoms with Crippen LogP contribution in [-0.4, -0.2) is 16.8 Å². The third-order valence-corrected chi connectivity index (χ3v) is 3.79. The number of carbonyl (C=O) groups is 2. The summed E-state index contributed by atoms with van der Waals surface area (Å²) in [4.78, 5) is 27.4. The molecule has 1 aliphatic carbocycles. The van der Waals surface area contributed by atoms with Crippen LogP contribution in [0.15, 0.2) is 29.6 Å². The fourth-order valence-electron chi connectivity index (χ4n) is 1.81. The van der Waals surface area contributed by atoms with Crippen molar-refractivity contribution in [2.75, 3.05) is 16.4 Å². The van der Waals surface area contributed by atoms with Gasteiger partial charge in [0.15, 0.2) is 5.13 Å². The van der Waals surface area contributed by atoms with E-state index in [0.717, 1.165) is 18.5 Å². The highest BCUT2D eigenvalue weighted by atomic mass is 32.1. The van der Waals surface area contributed by atoms with Crippen LogP contribution in [0.4, 0.5) is 16.5 Å². The molecule has 0 radical (unpaired) electrons. The minimum Gasteiger partial charge on any atom is -0.375 e. The van der Waals surface area contributed by atoms with Gasteiger partial charge >= 0.3 is 0 Å². The first-order chi connectivity index (χ1) is 10.1. The van der Waals surface area contributed by atoms with Gasteiger partial charge in [0.25, 0.3) is 5.91 Å². The smallest absolute Gasteiger partial charge is 0.275 e. The van der Waals surface area contributed by atoms with E-state index in [4.69, 9.17) is 5.73 Å². The zero-order chi connectivity index (χ0) is 14.8. The highest BCUT2D eigenvalue weighted by Gasteiger charge is 2.29. The van der Waals surface area contributed by atoms with E-state index in [-0.39, 0.29) is 17.7 Å². The van der Waals surface area contributed by atoms with Crippen LogP contribution < -0.4 is 16.4 Å². The number of thiazole rings is 1. The molecular weight excluding hydrogens is 288 g/mol. The molecule has 1 heterocycles. The molecule has 1 fully saturated rings. The Bertz CT molecular complexity index is 677. The molecule has 0 atom stereocenters. The topological polar surface area (TPSA) is 97.1 Å². The third-order valence-electron chi connectivity index (χ3n) is 3.11. The van der Waals surface area contributed by atoms with Crippen LogP contribution in [0.1, 0.15) is 23.3 Å². The van der Waals surface area contributed by atoms with Gasteiger partial charge in [-0.2, -0.15) is 0 Å². The standard InChI is InChI=1S/C14H14N4O2S/c15-14-18-11(7-21-14)13(20)17-10-5-3-9(4-6-10)16-12(19)8-1-2-8/h3-8H,1-2H2,(H2,15,18)(H,16,19)(H,17,20). The van der Waals surface area contributed by atoms with Crippen LogP contribution in [0.5, 0.6) is 0 Å². The highest BCUT2D eigenvalue weighted by molar-refractivity contribution is 7.13. The number of aromatic nitrogens is 1. The van der Waals surface area contributed by atoms with E-state index in [1.165, 1.54) is 11.3 Å². The molecule has 1 saturated carbocycles. The van der Waals surface area contributed by atoms with Gasteiger partial charge in [-0.15, -0.1) is 11.3 Å². The Morgan fingerprint density at radius 1 is 1.14 bits per heavy atom. The van der Waals surface area contributed by atoms with Crippen molar-refractivity contribution in [2.24, 2.45) is 5.92 Å². The van der Waals surface area contributed by atoms with E-state index < -0.39 is 0 Å². The second-order valence-electron chi connectivity index (χ2n) is 4.87. The van der Waals surface area contributed by atoms with Gasteiger partial charge in [-0.3, -0.25) is 9.59 Å². The second-order valence-corrected chi connectivity index (χ2v) is 5.76. The molecule has 3 rings (SSSR count). The van der Waals surface area contributed by atoms with Gasteiger partial charge in [-0.05, 0) is 37.1 Å². The van der Waals surface area contributed by atoms with Gasteiger partial charge in [0.05, 0.1) is 0 Å². The molecule has 21 heavy (non-hydrogen) atoms. The summed E-state index contributed by atoms with van der Waals surface area (Å²) in [5.41, 5.74) is 7.15. The third kappa shape index (κ3) is 3.38. The van der Waals surface area contributed by atoms with Crippen molar-refractivity contribution < 1.29 is 9.59 Å². The molecule has 0 spiro atoms. The molecule has 1 aliphatic rings. The summed E-state index contributed by atoms with van der Waals surface area (Å²) in [6, 6.07) is 6.98. The van der Waals surface area contributed by atoms with Crippen molar-refractivity contribution in [1.29, 1.82) is 0 Å². The van der Waals surface area contributed by atoms with Crippen LogP contribution in [-0.2, 0) is 4.79 Å². The number of rotatable bonds is 4. The number of hydrogen-bond donors (Lipinski definition) is 3. The molecule has 6 nitrogen and oxygen atoms in total. The maximum absolute atomic E-state index is 11.9. The summed E-state index contributed by atoms with van der Waals surface area (Å²) >= 11 is 1.22. The molecule has 108 valence electrons. The SMILES string of the molecule is Nc1nc(C(=O)Nc2ccc(NC(=O)C3CC3)cc2)cs1. The van der Waals surface area contributed by atoms with E-state index in [2.05, 4.69) is 15.6 Å². The number of nitrogen functional groups attached to an aromatic ring is 1. The lowest BCUT2D eigenvalue weighted by molar-refractivity contribution is -0.117. The van der Waals surface area contributed by atoms with Crippen LogP contribution in [0.3, 0.4) is 0 Å². The summed E-state index contributed by atoms with van der Waals surface area (Å²) in [6.07, 6.45) is 1.94. The first kappa shape index (κ1) is 13.6. The molecule has 2 amide bonds. The largest absolute Gasteiger partial charge is 0.375 e. The lowest BCUT2D eigenvalue weighted by Gasteiger charge is -2.06. The number of hydrogen-bond acceptors (Lipinski definition) is 5. The Morgan fingerprint density at radius 2 is 1.76 bits per heavy atom. The Balaban J connectivity index is 1.61. The molecule has 0 saturated heterocycles. The first-order valence-corrected chi connectivity index (χ1v) is 7.43. The van der Waals surface area contributed by atoms with Crippen molar-refractivity contribution >= 4 is 39.7 Å². The lowest BCUT2D eigenvalue weighted by atomic mass is 10.2. The summed E-state index contributed by atoms with van der Waals surface area (Å²) in [7, 11) is 0. The first-order valence-electron chi connectivity index (χ1n) is 6.55. The average molecular weight is 302 g/mol. The maximum Gasteiger partial charge on any atom is 0.275 e. The number of nitrogens with two attached hydrogens (primary N) is 1. The lowest BCUT2D eigenvalue weighted by Crippen LogP contribution is -2.14. The minimum absolute atomic E-state index is 0.0599. The Hall–Kier alpha value is -2.41. The maximum atomic E-state index is 11.9. The van der Waals surface area contributed by atoms with E-state index in [1.807, 2.05) is 0 Å². The quantitative estimate of drug-likeness (QED) is 0.807. The second kappa shape index (κ2) is 5.53. The Labute approximate surface area is 125 Å². The number of amides is 2. The fourth-order valence-corrected chi connectivity index (χ4v) is 2.36. The van der Waals surface area contributed by atoms with Crippen molar-refractivity contribution in [3.8, 4) is 0 Å². The number of benzene rings is 1. The molecule has 1 aromatic carbocycles. The molecular formula is C14H14N4O2S. The molecule has 1 aromatic heterocycles. The molecule has 4 N–H and O–H groups in total. The molecule has 0 unspecified atom stereocenters. The van der Waals surface area contributed by atoms with Crippen molar-refractivity contribution in [2.45, 2.75) is 12.8 Å². The summed E-state index contributed by atoms with van der Waals surface area (Å²) in [5, 5.41) is 7.53. The molecule has 0 aliphatic heterocycles. The number of nitrogens with zero attached hydrogens (tertiary/aromatic N) is 1. The molecule has 2 aromatic rings. The molecule has 0 bridgehead atoms. The van der Waals surface area contributed by atoms with Crippen molar-refractivity contribution in [1.82, 2.24) is 4.98 Å². The Kier molecular flexibility index (Phi) is 3.57. The zero-order valence-corrected chi connectivity index (χ0v) is 11.9. The van der Waals surface area contributed by atoms with Crippen LogP contribution >= 0.6 is 11.3 Å². The van der Waals surface area contributed by atoms with Gasteiger partial charge in [0.2, 0.25) is 5.91 Å². The van der Waals surface area contributed by atoms with Crippen molar-refractivity contribution in [3.63, 3.8) is 0 Å². The summed E-state index contributed by atoms with van der Waals surface area (Å²) < 4.78 is 0. The normalized spacial score (nSPS) is 13.7. The van der Waals surface area contributed by atoms with Crippen LogP contribution in [0.25, 0.3) is 0 Å². The number of nitrogens with one attached hydrogen (secondary N) is 2. The van der Waals surface area contributed by atoms with E-state index in [9.17, 15) is 9.59 Å². The van der Waals surface area contributed by atoms with Gasteiger partial charge < -0.3 is 16.4 Å².